The molecule has 0 aliphatic rings. The average molecular weight is 123 g/mol. The molecule has 0 atom stereocenters. The molecule has 0 heterocycles. The van der Waals surface area contributed by atoms with Gasteiger partial charge in [0, 0.05) is 5.70 Å². The Hall–Kier alpha value is -1.31. The maximum absolute atomic E-state index is 9.75. The first-order valence-corrected chi connectivity index (χ1v) is 2.49. The number of carbonyl (C=O) groups is 1. The van der Waals surface area contributed by atoms with Crippen molar-refractivity contribution in [2.75, 3.05) is 0 Å². The van der Waals surface area contributed by atoms with Gasteiger partial charge in [-0.2, -0.15) is 0 Å². The van der Waals surface area contributed by atoms with Crippen LogP contribution < -0.4 is 5.32 Å². The van der Waals surface area contributed by atoms with Gasteiger partial charge in [-0.1, -0.05) is 25.3 Å². The van der Waals surface area contributed by atoms with Gasteiger partial charge in [0.1, 0.15) is 0 Å². The second-order valence-corrected chi connectivity index (χ2v) is 1.38. The fourth-order valence-corrected chi connectivity index (χ4v) is 0.308. The number of rotatable bonds is 4. The Morgan fingerprint density at radius 2 is 2.22 bits per heavy atom. The van der Waals surface area contributed by atoms with Gasteiger partial charge >= 0.3 is 0 Å². The van der Waals surface area contributed by atoms with Gasteiger partial charge in [0.15, 0.2) is 0 Å². The lowest BCUT2D eigenvalue weighted by Crippen LogP contribution is -2.05. The van der Waals surface area contributed by atoms with Crippen LogP contribution in [-0.4, -0.2) is 6.41 Å². The van der Waals surface area contributed by atoms with Crippen LogP contribution in [0.1, 0.15) is 0 Å². The molecule has 0 saturated heterocycles. The third-order valence-corrected chi connectivity index (χ3v) is 0.678. The molecule has 0 aromatic heterocycles. The van der Waals surface area contributed by atoms with Crippen LogP contribution in [0.4, 0.5) is 0 Å². The zero-order valence-corrected chi connectivity index (χ0v) is 5.13. The summed E-state index contributed by atoms with van der Waals surface area (Å²) in [7, 11) is 0. The molecule has 1 N–H and O–H groups in total. The van der Waals surface area contributed by atoms with Crippen molar-refractivity contribution >= 4 is 6.41 Å². The molecular formula is C7H9NO. The topological polar surface area (TPSA) is 29.1 Å². The molecule has 1 amide bonds. The van der Waals surface area contributed by atoms with Crippen LogP contribution in [0.25, 0.3) is 0 Å². The molecule has 0 unspecified atom stereocenters. The zero-order valence-electron chi connectivity index (χ0n) is 5.13. The Labute approximate surface area is 54.6 Å². The zero-order chi connectivity index (χ0) is 7.11. The standard InChI is InChI=1S/C7H9NO/c1-3-4-5-7(2)8-6-9/h3-6H,1-2H2,(H,8,9)/b5-4-. The van der Waals surface area contributed by atoms with E-state index in [1.807, 2.05) is 0 Å². The van der Waals surface area contributed by atoms with E-state index in [0.717, 1.165) is 0 Å². The number of allylic oxidation sites excluding steroid dienone is 3. The Balaban J connectivity index is 3.61. The number of amides is 1. The number of carbonyl (C=O) groups excluding carboxylic acids is 1. The van der Waals surface area contributed by atoms with Gasteiger partial charge in [-0.3, -0.25) is 4.79 Å². The van der Waals surface area contributed by atoms with Crippen molar-refractivity contribution in [1.82, 2.24) is 5.32 Å². The Morgan fingerprint density at radius 1 is 1.56 bits per heavy atom. The predicted octanol–water partition coefficient (Wildman–Crippen LogP) is 0.988. The SMILES string of the molecule is C=C/C=C\C(=C)NC=O. The lowest BCUT2D eigenvalue weighted by Gasteiger charge is -1.90. The fraction of sp³-hybridized carbons (Fsp3) is 0. The van der Waals surface area contributed by atoms with Crippen molar-refractivity contribution in [3.63, 3.8) is 0 Å². The highest BCUT2D eigenvalue weighted by Gasteiger charge is 1.77. The summed E-state index contributed by atoms with van der Waals surface area (Å²) in [6.07, 6.45) is 5.54. The van der Waals surface area contributed by atoms with Crippen LogP contribution in [-0.2, 0) is 4.79 Å². The first-order valence-electron chi connectivity index (χ1n) is 2.49. The first kappa shape index (κ1) is 7.69. The number of hydrogen-bond acceptors (Lipinski definition) is 1. The molecule has 9 heavy (non-hydrogen) atoms. The molecule has 0 aromatic rings. The van der Waals surface area contributed by atoms with Crippen molar-refractivity contribution in [2.24, 2.45) is 0 Å². The minimum absolute atomic E-state index is 0.560. The molecular weight excluding hydrogens is 114 g/mol. The number of hydrogen-bond donors (Lipinski definition) is 1. The van der Waals surface area contributed by atoms with E-state index < -0.39 is 0 Å². The van der Waals surface area contributed by atoms with Crippen LogP contribution in [0.15, 0.2) is 37.1 Å². The normalized spacial score (nSPS) is 8.89. The maximum Gasteiger partial charge on any atom is 0.211 e. The van der Waals surface area contributed by atoms with E-state index in [1.54, 1.807) is 18.2 Å². The average Bonchev–Trinajstić information content (AvgIpc) is 1.85. The molecule has 0 aromatic carbocycles. The molecule has 2 heteroatoms. The molecule has 0 aliphatic carbocycles. The molecule has 0 aliphatic heterocycles. The molecule has 2 nitrogen and oxygen atoms in total. The minimum atomic E-state index is 0.560. The smallest absolute Gasteiger partial charge is 0.211 e. The van der Waals surface area contributed by atoms with E-state index in [2.05, 4.69) is 18.5 Å². The minimum Gasteiger partial charge on any atom is -0.329 e. The van der Waals surface area contributed by atoms with E-state index in [1.165, 1.54) is 0 Å². The van der Waals surface area contributed by atoms with Crippen molar-refractivity contribution in [1.29, 1.82) is 0 Å². The van der Waals surface area contributed by atoms with Gasteiger partial charge in [-0.25, -0.2) is 0 Å². The van der Waals surface area contributed by atoms with Crippen molar-refractivity contribution in [2.45, 2.75) is 0 Å². The summed E-state index contributed by atoms with van der Waals surface area (Å²) >= 11 is 0. The van der Waals surface area contributed by atoms with E-state index in [-0.39, 0.29) is 0 Å². The largest absolute Gasteiger partial charge is 0.329 e. The Kier molecular flexibility index (Phi) is 4.14. The van der Waals surface area contributed by atoms with E-state index in [9.17, 15) is 4.79 Å². The van der Waals surface area contributed by atoms with E-state index >= 15 is 0 Å². The second-order valence-electron chi connectivity index (χ2n) is 1.38. The van der Waals surface area contributed by atoms with E-state index in [4.69, 9.17) is 0 Å². The van der Waals surface area contributed by atoms with E-state index in [0.29, 0.717) is 12.1 Å². The summed E-state index contributed by atoms with van der Waals surface area (Å²) in [4.78, 5) is 9.75. The third-order valence-electron chi connectivity index (χ3n) is 0.678. The highest BCUT2D eigenvalue weighted by Crippen LogP contribution is 1.83. The predicted molar refractivity (Wildman–Crippen MR) is 37.7 cm³/mol. The molecule has 0 rings (SSSR count). The summed E-state index contributed by atoms with van der Waals surface area (Å²) in [5, 5.41) is 2.37. The van der Waals surface area contributed by atoms with Crippen LogP contribution in [0, 0.1) is 0 Å². The summed E-state index contributed by atoms with van der Waals surface area (Å²) in [5.74, 6) is 0. The van der Waals surface area contributed by atoms with Crippen LogP contribution >= 0.6 is 0 Å². The lowest BCUT2D eigenvalue weighted by molar-refractivity contribution is -0.108. The molecule has 48 valence electrons. The maximum atomic E-state index is 9.75. The van der Waals surface area contributed by atoms with Gasteiger partial charge in [0.05, 0.1) is 0 Å². The van der Waals surface area contributed by atoms with Gasteiger partial charge in [0.2, 0.25) is 6.41 Å². The fourth-order valence-electron chi connectivity index (χ4n) is 0.308. The lowest BCUT2D eigenvalue weighted by atomic mass is 10.4. The van der Waals surface area contributed by atoms with Gasteiger partial charge in [0.25, 0.3) is 0 Å². The molecule has 0 bridgehead atoms. The summed E-state index contributed by atoms with van der Waals surface area (Å²) in [6, 6.07) is 0. The molecule has 0 spiro atoms. The molecule has 0 saturated carbocycles. The first-order chi connectivity index (χ1) is 4.31. The quantitative estimate of drug-likeness (QED) is 0.438. The third kappa shape index (κ3) is 4.55. The summed E-state index contributed by atoms with van der Waals surface area (Å²) in [6.45, 7) is 6.95. The molecule has 0 radical (unpaired) electrons. The molecule has 0 fully saturated rings. The van der Waals surface area contributed by atoms with Crippen LogP contribution in [0.5, 0.6) is 0 Å². The monoisotopic (exact) mass is 123 g/mol. The highest BCUT2D eigenvalue weighted by molar-refractivity contribution is 5.51. The summed E-state index contributed by atoms with van der Waals surface area (Å²) < 4.78 is 0. The van der Waals surface area contributed by atoms with Crippen LogP contribution in [0.3, 0.4) is 0 Å². The Bertz CT molecular complexity index is 147. The van der Waals surface area contributed by atoms with Crippen molar-refractivity contribution in [3.8, 4) is 0 Å². The highest BCUT2D eigenvalue weighted by atomic mass is 16.1. The van der Waals surface area contributed by atoms with Crippen LogP contribution in [0.2, 0.25) is 0 Å². The Morgan fingerprint density at radius 3 is 2.67 bits per heavy atom. The van der Waals surface area contributed by atoms with Gasteiger partial charge in [-0.15, -0.1) is 0 Å². The van der Waals surface area contributed by atoms with Crippen molar-refractivity contribution in [3.05, 3.63) is 37.1 Å². The number of nitrogens with one attached hydrogen (secondary N) is 1. The second kappa shape index (κ2) is 4.84. The van der Waals surface area contributed by atoms with Gasteiger partial charge in [-0.05, 0) is 6.08 Å². The van der Waals surface area contributed by atoms with Crippen molar-refractivity contribution < 1.29 is 4.79 Å². The van der Waals surface area contributed by atoms with Gasteiger partial charge < -0.3 is 5.32 Å². The summed E-state index contributed by atoms with van der Waals surface area (Å²) in [5.41, 5.74) is 0.560.